The number of nitrogen functional groups attached to an aromatic ring is 1. The van der Waals surface area contributed by atoms with Crippen LogP contribution in [-0.2, 0) is 13.0 Å². The second-order valence-corrected chi connectivity index (χ2v) is 5.89. The van der Waals surface area contributed by atoms with Gasteiger partial charge in [-0.2, -0.15) is 16.4 Å². The summed E-state index contributed by atoms with van der Waals surface area (Å²) in [4.78, 5) is 14.6. The van der Waals surface area contributed by atoms with Gasteiger partial charge >= 0.3 is 0 Å². The Morgan fingerprint density at radius 1 is 1.60 bits per heavy atom. The van der Waals surface area contributed by atoms with Crippen LogP contribution in [0.25, 0.3) is 0 Å². The van der Waals surface area contributed by atoms with Crippen LogP contribution in [0.3, 0.4) is 0 Å². The quantitative estimate of drug-likeness (QED) is 0.888. The molecule has 1 fully saturated rings. The minimum absolute atomic E-state index is 0.0628. The second-order valence-electron chi connectivity index (χ2n) is 5.11. The van der Waals surface area contributed by atoms with Gasteiger partial charge < -0.3 is 10.6 Å². The maximum Gasteiger partial charge on any atom is 0.277 e. The van der Waals surface area contributed by atoms with E-state index in [1.165, 1.54) is 5.56 Å². The van der Waals surface area contributed by atoms with Gasteiger partial charge in [-0.3, -0.25) is 9.89 Å². The van der Waals surface area contributed by atoms with Crippen molar-refractivity contribution in [1.82, 2.24) is 15.1 Å². The van der Waals surface area contributed by atoms with E-state index in [0.717, 1.165) is 25.0 Å². The summed E-state index contributed by atoms with van der Waals surface area (Å²) >= 11 is 1.65. The molecule has 1 aliphatic carbocycles. The van der Waals surface area contributed by atoms with Crippen LogP contribution in [0.2, 0.25) is 0 Å². The van der Waals surface area contributed by atoms with E-state index in [1.54, 1.807) is 11.3 Å². The Balaban J connectivity index is 1.83. The van der Waals surface area contributed by atoms with Gasteiger partial charge in [-0.25, -0.2) is 0 Å². The van der Waals surface area contributed by atoms with Crippen LogP contribution in [0.4, 0.5) is 5.69 Å². The first-order valence-electron chi connectivity index (χ1n) is 6.85. The average Bonchev–Trinajstić information content (AvgIpc) is 3.02. The van der Waals surface area contributed by atoms with Crippen LogP contribution in [0.1, 0.15) is 41.5 Å². The lowest BCUT2D eigenvalue weighted by Crippen LogP contribution is -2.33. The first kappa shape index (κ1) is 13.2. The molecule has 3 rings (SSSR count). The highest BCUT2D eigenvalue weighted by Gasteiger charge is 2.35. The number of nitrogens with two attached hydrogens (primary N) is 1. The number of rotatable bonds is 5. The van der Waals surface area contributed by atoms with Crippen LogP contribution in [-0.4, -0.2) is 27.0 Å². The summed E-state index contributed by atoms with van der Waals surface area (Å²) in [6.45, 7) is 2.63. The summed E-state index contributed by atoms with van der Waals surface area (Å²) in [5, 5.41) is 11.1. The average molecular weight is 290 g/mol. The molecule has 1 saturated carbocycles. The SMILES string of the molecule is CCc1[nH]nc(C(=O)N(Cc2ccsc2)C2CC2)c1N. The third-order valence-corrected chi connectivity index (χ3v) is 4.35. The van der Waals surface area contributed by atoms with E-state index >= 15 is 0 Å². The van der Waals surface area contributed by atoms with Crippen LogP contribution >= 0.6 is 11.3 Å². The Hall–Kier alpha value is -1.82. The van der Waals surface area contributed by atoms with Crippen LogP contribution in [0.5, 0.6) is 0 Å². The molecule has 0 saturated heterocycles. The highest BCUT2D eigenvalue weighted by atomic mass is 32.1. The monoisotopic (exact) mass is 290 g/mol. The number of carbonyl (C=O) groups is 1. The highest BCUT2D eigenvalue weighted by molar-refractivity contribution is 7.07. The first-order valence-corrected chi connectivity index (χ1v) is 7.79. The topological polar surface area (TPSA) is 75.0 Å². The highest BCUT2D eigenvalue weighted by Crippen LogP contribution is 2.31. The lowest BCUT2D eigenvalue weighted by atomic mass is 10.2. The Bertz CT molecular complexity index is 601. The van der Waals surface area contributed by atoms with Crippen molar-refractivity contribution in [2.45, 2.75) is 38.8 Å². The van der Waals surface area contributed by atoms with E-state index in [9.17, 15) is 4.79 Å². The molecule has 2 aromatic rings. The van der Waals surface area contributed by atoms with Gasteiger partial charge in [0, 0.05) is 12.6 Å². The Labute approximate surface area is 121 Å². The van der Waals surface area contributed by atoms with Crippen molar-refractivity contribution in [3.8, 4) is 0 Å². The van der Waals surface area contributed by atoms with E-state index in [1.807, 2.05) is 17.2 Å². The predicted molar refractivity (Wildman–Crippen MR) is 79.6 cm³/mol. The van der Waals surface area contributed by atoms with Crippen molar-refractivity contribution in [2.24, 2.45) is 0 Å². The molecule has 20 heavy (non-hydrogen) atoms. The molecule has 0 atom stereocenters. The molecule has 0 aliphatic heterocycles. The molecule has 0 aromatic carbocycles. The van der Waals surface area contributed by atoms with Gasteiger partial charge in [0.05, 0.1) is 11.4 Å². The second kappa shape index (κ2) is 5.28. The number of anilines is 1. The Morgan fingerprint density at radius 2 is 2.40 bits per heavy atom. The minimum atomic E-state index is -0.0628. The number of H-pyrrole nitrogens is 1. The summed E-state index contributed by atoms with van der Waals surface area (Å²) < 4.78 is 0. The van der Waals surface area contributed by atoms with Gasteiger partial charge in [0.1, 0.15) is 0 Å². The third kappa shape index (κ3) is 2.43. The molecule has 0 radical (unpaired) electrons. The lowest BCUT2D eigenvalue weighted by molar-refractivity contribution is 0.0725. The molecule has 1 aliphatic rings. The fraction of sp³-hybridized carbons (Fsp3) is 0.429. The van der Waals surface area contributed by atoms with Crippen molar-refractivity contribution < 1.29 is 4.79 Å². The fourth-order valence-corrected chi connectivity index (χ4v) is 2.95. The molecule has 0 spiro atoms. The summed E-state index contributed by atoms with van der Waals surface area (Å²) in [6.07, 6.45) is 2.89. The number of carbonyl (C=O) groups excluding carboxylic acids is 1. The van der Waals surface area contributed by atoms with E-state index in [0.29, 0.717) is 24.0 Å². The smallest absolute Gasteiger partial charge is 0.277 e. The maximum atomic E-state index is 12.7. The van der Waals surface area contributed by atoms with Crippen molar-refractivity contribution in [3.05, 3.63) is 33.8 Å². The van der Waals surface area contributed by atoms with Crippen molar-refractivity contribution in [3.63, 3.8) is 0 Å². The largest absolute Gasteiger partial charge is 0.395 e. The summed E-state index contributed by atoms with van der Waals surface area (Å²) in [5.74, 6) is -0.0628. The third-order valence-electron chi connectivity index (χ3n) is 3.62. The standard InChI is InChI=1S/C14H18N4OS/c1-2-11-12(15)13(17-16-11)14(19)18(10-3-4-10)7-9-5-6-20-8-9/h5-6,8,10H,2-4,7,15H2,1H3,(H,16,17). The first-order chi connectivity index (χ1) is 9.70. The number of aromatic amines is 1. The van der Waals surface area contributed by atoms with Gasteiger partial charge in [-0.15, -0.1) is 0 Å². The number of nitrogens with zero attached hydrogens (tertiary/aromatic N) is 2. The molecule has 0 bridgehead atoms. The van der Waals surface area contributed by atoms with Crippen LogP contribution in [0, 0.1) is 0 Å². The number of aryl methyl sites for hydroxylation is 1. The van der Waals surface area contributed by atoms with Gasteiger partial charge in [0.25, 0.3) is 5.91 Å². The van der Waals surface area contributed by atoms with Gasteiger partial charge in [0.15, 0.2) is 5.69 Å². The number of nitrogens with one attached hydrogen (secondary N) is 1. The molecule has 0 unspecified atom stereocenters. The summed E-state index contributed by atoms with van der Waals surface area (Å²) in [6, 6.07) is 2.39. The molecule has 2 heterocycles. The Kier molecular flexibility index (Phi) is 3.48. The van der Waals surface area contributed by atoms with Crippen LogP contribution < -0.4 is 5.73 Å². The van der Waals surface area contributed by atoms with Crippen molar-refractivity contribution >= 4 is 22.9 Å². The number of amides is 1. The maximum absolute atomic E-state index is 12.7. The molecular weight excluding hydrogens is 272 g/mol. The number of thiophene rings is 1. The van der Waals surface area contributed by atoms with Crippen molar-refractivity contribution in [2.75, 3.05) is 5.73 Å². The predicted octanol–water partition coefficient (Wildman–Crippen LogP) is 2.42. The molecular formula is C14H18N4OS. The molecule has 3 N–H and O–H groups in total. The number of hydrogen-bond acceptors (Lipinski definition) is 4. The summed E-state index contributed by atoms with van der Waals surface area (Å²) in [7, 11) is 0. The normalized spacial score (nSPS) is 14.4. The van der Waals surface area contributed by atoms with E-state index < -0.39 is 0 Å². The zero-order valence-electron chi connectivity index (χ0n) is 11.4. The molecule has 5 nitrogen and oxygen atoms in total. The van der Waals surface area contributed by atoms with Crippen molar-refractivity contribution in [1.29, 1.82) is 0 Å². The van der Waals surface area contributed by atoms with Crippen LogP contribution in [0.15, 0.2) is 16.8 Å². The van der Waals surface area contributed by atoms with E-state index in [2.05, 4.69) is 21.6 Å². The lowest BCUT2D eigenvalue weighted by Gasteiger charge is -2.21. The molecule has 2 aromatic heterocycles. The fourth-order valence-electron chi connectivity index (χ4n) is 2.29. The summed E-state index contributed by atoms with van der Waals surface area (Å²) in [5.41, 5.74) is 8.87. The zero-order chi connectivity index (χ0) is 14.1. The van der Waals surface area contributed by atoms with Gasteiger partial charge in [0.2, 0.25) is 0 Å². The zero-order valence-corrected chi connectivity index (χ0v) is 12.2. The molecule has 6 heteroatoms. The number of hydrogen-bond donors (Lipinski definition) is 2. The van der Waals surface area contributed by atoms with Gasteiger partial charge in [-0.05, 0) is 41.7 Å². The molecule has 106 valence electrons. The van der Waals surface area contributed by atoms with E-state index in [-0.39, 0.29) is 5.91 Å². The Morgan fingerprint density at radius 3 is 2.95 bits per heavy atom. The van der Waals surface area contributed by atoms with E-state index in [4.69, 9.17) is 5.73 Å². The molecule has 1 amide bonds. The number of aromatic nitrogens is 2. The minimum Gasteiger partial charge on any atom is -0.395 e. The van der Waals surface area contributed by atoms with Gasteiger partial charge in [-0.1, -0.05) is 6.92 Å².